The molecule has 1 fully saturated rings. The molecule has 0 radical (unpaired) electrons. The molecule has 1 aromatic rings. The average molecular weight is 321 g/mol. The number of thioether (sulfide) groups is 1. The van der Waals surface area contributed by atoms with E-state index in [1.807, 2.05) is 13.8 Å². The van der Waals surface area contributed by atoms with Gasteiger partial charge in [-0.3, -0.25) is 19.5 Å². The fourth-order valence-electron chi connectivity index (χ4n) is 1.87. The summed E-state index contributed by atoms with van der Waals surface area (Å²) >= 11 is 1.18. The van der Waals surface area contributed by atoms with Crippen molar-refractivity contribution in [2.24, 2.45) is 4.99 Å². The molecule has 0 saturated carbocycles. The molecule has 0 atom stereocenters. The number of nitrogens with one attached hydrogen (secondary N) is 1. The number of anilines is 1. The topological polar surface area (TPSA) is 61.8 Å². The standard InChI is InChI=1S/C15H16FN3O2S/c1-3-17-15-19(4-2)14(21)12(22-15)9-13(20)18-11-7-5-10(16)6-8-11/h5-9H,3-4H2,1-2H3,(H,18,20)/b12-9+,17-15?. The summed E-state index contributed by atoms with van der Waals surface area (Å²) < 4.78 is 12.8. The Balaban J connectivity index is 2.11. The van der Waals surface area contributed by atoms with Crippen molar-refractivity contribution in [1.29, 1.82) is 0 Å². The van der Waals surface area contributed by atoms with Crippen molar-refractivity contribution in [3.05, 3.63) is 41.1 Å². The van der Waals surface area contributed by atoms with Crippen LogP contribution in [-0.2, 0) is 9.59 Å². The molecule has 1 aliphatic rings. The number of amidine groups is 1. The number of hydrogen-bond donors (Lipinski definition) is 1. The molecule has 1 heterocycles. The van der Waals surface area contributed by atoms with Crippen molar-refractivity contribution in [1.82, 2.24) is 4.90 Å². The first-order valence-corrected chi connectivity index (χ1v) is 7.69. The predicted octanol–water partition coefficient (Wildman–Crippen LogP) is 2.62. The number of likely N-dealkylation sites (N-methyl/N-ethyl adjacent to an activating group) is 1. The van der Waals surface area contributed by atoms with Gasteiger partial charge in [-0.15, -0.1) is 0 Å². The normalized spacial score (nSPS) is 18.3. The lowest BCUT2D eigenvalue weighted by molar-refractivity contribution is -0.122. The van der Waals surface area contributed by atoms with Gasteiger partial charge in [-0.05, 0) is 49.9 Å². The highest BCUT2D eigenvalue weighted by molar-refractivity contribution is 8.18. The molecule has 5 nitrogen and oxygen atoms in total. The number of rotatable bonds is 4. The summed E-state index contributed by atoms with van der Waals surface area (Å²) in [5.74, 6) is -1.04. The lowest BCUT2D eigenvalue weighted by Gasteiger charge is -2.11. The first kappa shape index (κ1) is 16.2. The zero-order chi connectivity index (χ0) is 16.1. The lowest BCUT2D eigenvalue weighted by atomic mass is 10.3. The second-order valence-electron chi connectivity index (χ2n) is 4.41. The third kappa shape index (κ3) is 3.73. The maximum absolute atomic E-state index is 12.8. The summed E-state index contributed by atoms with van der Waals surface area (Å²) in [7, 11) is 0. The highest BCUT2D eigenvalue weighted by Crippen LogP contribution is 2.30. The molecule has 0 aliphatic carbocycles. The monoisotopic (exact) mass is 321 g/mol. The van der Waals surface area contributed by atoms with Crippen LogP contribution in [0.3, 0.4) is 0 Å². The molecular weight excluding hydrogens is 305 g/mol. The third-order valence-electron chi connectivity index (χ3n) is 2.87. The van der Waals surface area contributed by atoms with E-state index in [0.717, 1.165) is 0 Å². The van der Waals surface area contributed by atoms with E-state index in [1.165, 1.54) is 47.0 Å². The van der Waals surface area contributed by atoms with Crippen LogP contribution in [0.1, 0.15) is 13.8 Å². The molecule has 116 valence electrons. The van der Waals surface area contributed by atoms with Crippen LogP contribution in [0.25, 0.3) is 0 Å². The number of nitrogens with zero attached hydrogens (tertiary/aromatic N) is 2. The molecule has 2 amide bonds. The smallest absolute Gasteiger partial charge is 0.266 e. The molecule has 2 rings (SSSR count). The number of amides is 2. The van der Waals surface area contributed by atoms with Crippen LogP contribution in [0.5, 0.6) is 0 Å². The summed E-state index contributed by atoms with van der Waals surface area (Å²) in [6.07, 6.45) is 1.25. The molecule has 22 heavy (non-hydrogen) atoms. The van der Waals surface area contributed by atoms with Crippen molar-refractivity contribution in [2.75, 3.05) is 18.4 Å². The van der Waals surface area contributed by atoms with Crippen LogP contribution in [0.2, 0.25) is 0 Å². The Bertz CT molecular complexity index is 641. The van der Waals surface area contributed by atoms with Crippen molar-refractivity contribution in [3.8, 4) is 0 Å². The fourth-order valence-corrected chi connectivity index (χ4v) is 2.95. The van der Waals surface area contributed by atoms with Crippen LogP contribution in [0.4, 0.5) is 10.1 Å². The Kier molecular flexibility index (Phi) is 5.32. The van der Waals surface area contributed by atoms with Gasteiger partial charge in [0.05, 0.1) is 4.91 Å². The number of hydrogen-bond acceptors (Lipinski definition) is 4. The Morgan fingerprint density at radius 2 is 2.05 bits per heavy atom. The minimum Gasteiger partial charge on any atom is -0.322 e. The molecule has 1 saturated heterocycles. The summed E-state index contributed by atoms with van der Waals surface area (Å²) in [5.41, 5.74) is 0.466. The van der Waals surface area contributed by atoms with Gasteiger partial charge in [0, 0.05) is 24.9 Å². The quantitative estimate of drug-likeness (QED) is 0.867. The van der Waals surface area contributed by atoms with Crippen molar-refractivity contribution < 1.29 is 14.0 Å². The first-order valence-electron chi connectivity index (χ1n) is 6.87. The average Bonchev–Trinajstić information content (AvgIpc) is 2.77. The van der Waals surface area contributed by atoms with Crippen LogP contribution in [0, 0.1) is 5.82 Å². The summed E-state index contributed by atoms with van der Waals surface area (Å²) in [6, 6.07) is 5.42. The Labute approximate surface area is 132 Å². The molecule has 0 aromatic heterocycles. The van der Waals surface area contributed by atoms with Crippen LogP contribution >= 0.6 is 11.8 Å². The Hall–Kier alpha value is -2.15. The van der Waals surface area contributed by atoms with Gasteiger partial charge in [0.1, 0.15) is 5.82 Å². The van der Waals surface area contributed by atoms with Crippen LogP contribution < -0.4 is 5.32 Å². The van der Waals surface area contributed by atoms with Gasteiger partial charge in [0.25, 0.3) is 5.91 Å². The molecule has 1 aliphatic heterocycles. The van der Waals surface area contributed by atoms with E-state index in [-0.39, 0.29) is 11.7 Å². The maximum atomic E-state index is 12.8. The maximum Gasteiger partial charge on any atom is 0.266 e. The van der Waals surface area contributed by atoms with Gasteiger partial charge >= 0.3 is 0 Å². The number of halogens is 1. The lowest BCUT2D eigenvalue weighted by Crippen LogP contribution is -2.29. The summed E-state index contributed by atoms with van der Waals surface area (Å²) in [6.45, 7) is 4.81. The highest BCUT2D eigenvalue weighted by atomic mass is 32.2. The molecule has 1 N–H and O–H groups in total. The predicted molar refractivity (Wildman–Crippen MR) is 86.1 cm³/mol. The van der Waals surface area contributed by atoms with Gasteiger partial charge in [-0.2, -0.15) is 0 Å². The van der Waals surface area contributed by atoms with Gasteiger partial charge in [-0.25, -0.2) is 4.39 Å². The SMILES string of the molecule is CCN=C1S/C(=C/C(=O)Nc2ccc(F)cc2)C(=O)N1CC. The van der Waals surface area contributed by atoms with Crippen LogP contribution in [-0.4, -0.2) is 35.0 Å². The fraction of sp³-hybridized carbons (Fsp3) is 0.267. The first-order chi connectivity index (χ1) is 10.5. The van der Waals surface area contributed by atoms with Gasteiger partial charge in [0.15, 0.2) is 5.17 Å². The third-order valence-corrected chi connectivity index (χ3v) is 3.92. The van der Waals surface area contributed by atoms with E-state index in [9.17, 15) is 14.0 Å². The van der Waals surface area contributed by atoms with E-state index in [0.29, 0.717) is 28.8 Å². The molecule has 7 heteroatoms. The van der Waals surface area contributed by atoms with E-state index < -0.39 is 5.91 Å². The zero-order valence-electron chi connectivity index (χ0n) is 12.3. The molecule has 0 bridgehead atoms. The number of carbonyl (C=O) groups excluding carboxylic acids is 2. The van der Waals surface area contributed by atoms with Crippen molar-refractivity contribution in [2.45, 2.75) is 13.8 Å². The zero-order valence-corrected chi connectivity index (χ0v) is 13.1. The minimum atomic E-state index is -0.434. The molecule has 0 unspecified atom stereocenters. The number of aliphatic imine (C=N–C) groups is 1. The van der Waals surface area contributed by atoms with E-state index in [1.54, 1.807) is 0 Å². The van der Waals surface area contributed by atoms with Crippen molar-refractivity contribution in [3.63, 3.8) is 0 Å². The molecular formula is C15H16FN3O2S. The Morgan fingerprint density at radius 1 is 1.36 bits per heavy atom. The number of benzene rings is 1. The van der Waals surface area contributed by atoms with Gasteiger partial charge in [-0.1, -0.05) is 0 Å². The van der Waals surface area contributed by atoms with E-state index in [4.69, 9.17) is 0 Å². The number of carbonyl (C=O) groups is 2. The second-order valence-corrected chi connectivity index (χ2v) is 5.42. The largest absolute Gasteiger partial charge is 0.322 e. The van der Waals surface area contributed by atoms with E-state index in [2.05, 4.69) is 10.3 Å². The molecule has 1 aromatic carbocycles. The second kappa shape index (κ2) is 7.22. The summed E-state index contributed by atoms with van der Waals surface area (Å²) in [4.78, 5) is 30.2. The molecule has 0 spiro atoms. The van der Waals surface area contributed by atoms with Crippen LogP contribution in [0.15, 0.2) is 40.2 Å². The van der Waals surface area contributed by atoms with Gasteiger partial charge in [0.2, 0.25) is 5.91 Å². The minimum absolute atomic E-state index is 0.228. The summed E-state index contributed by atoms with van der Waals surface area (Å²) in [5, 5.41) is 3.20. The van der Waals surface area contributed by atoms with E-state index >= 15 is 0 Å². The van der Waals surface area contributed by atoms with Crippen molar-refractivity contribution >= 4 is 34.4 Å². The highest BCUT2D eigenvalue weighted by Gasteiger charge is 2.32. The van der Waals surface area contributed by atoms with Gasteiger partial charge < -0.3 is 5.32 Å². The Morgan fingerprint density at radius 3 is 2.64 bits per heavy atom.